The average Bonchev–Trinajstić information content (AvgIpc) is 3.52. The number of benzene rings is 1. The molecule has 6 heteroatoms. The maximum absolute atomic E-state index is 12.2. The maximum Gasteiger partial charge on any atom is 0.338 e. The third kappa shape index (κ3) is 4.94. The number of fused-ring (bicyclic) bond motifs is 1. The van der Waals surface area contributed by atoms with Crippen LogP contribution in [0, 0.1) is 11.8 Å². The van der Waals surface area contributed by atoms with Gasteiger partial charge < -0.3 is 15.4 Å². The van der Waals surface area contributed by atoms with Crippen LogP contribution in [-0.4, -0.2) is 29.5 Å². The van der Waals surface area contributed by atoms with Crippen molar-refractivity contribution >= 4 is 23.4 Å². The fourth-order valence-corrected chi connectivity index (χ4v) is 4.08. The summed E-state index contributed by atoms with van der Waals surface area (Å²) < 4.78 is 5.07. The topological polar surface area (TPSA) is 85.5 Å². The lowest BCUT2D eigenvalue weighted by Crippen LogP contribution is -2.48. The normalized spacial score (nSPS) is 20.2. The van der Waals surface area contributed by atoms with Crippen molar-refractivity contribution in [3.63, 3.8) is 0 Å². The highest BCUT2D eigenvalue weighted by atomic mass is 16.5. The number of nitrogens with two attached hydrogens (primary N) is 1. The van der Waals surface area contributed by atoms with E-state index in [1.165, 1.54) is 12.8 Å². The minimum atomic E-state index is -0.295. The van der Waals surface area contributed by atoms with Crippen molar-refractivity contribution in [1.29, 1.82) is 0 Å². The Morgan fingerprint density at radius 2 is 2.00 bits per heavy atom. The number of carbonyl (C=O) groups is 2. The summed E-state index contributed by atoms with van der Waals surface area (Å²) in [6.07, 6.45) is 5.01. The SMILES string of the molecule is CCOC(=O)c1ccc2c(c1)CC(C)[C@H](C1CC1)N2C(C)=O.Nc1ccccn1. The lowest BCUT2D eigenvalue weighted by atomic mass is 9.83. The van der Waals surface area contributed by atoms with Crippen molar-refractivity contribution in [2.24, 2.45) is 11.8 Å². The molecular formula is C23H29N3O3. The first kappa shape index (κ1) is 20.8. The van der Waals surface area contributed by atoms with E-state index in [1.807, 2.05) is 29.2 Å². The highest BCUT2D eigenvalue weighted by molar-refractivity contribution is 5.96. The third-order valence-corrected chi connectivity index (χ3v) is 5.41. The van der Waals surface area contributed by atoms with Crippen molar-refractivity contribution in [3.8, 4) is 0 Å². The smallest absolute Gasteiger partial charge is 0.338 e. The van der Waals surface area contributed by atoms with Crippen LogP contribution in [0.25, 0.3) is 0 Å². The van der Waals surface area contributed by atoms with Crippen LogP contribution >= 0.6 is 0 Å². The van der Waals surface area contributed by atoms with Gasteiger partial charge in [0.25, 0.3) is 0 Å². The molecule has 0 spiro atoms. The second-order valence-electron chi connectivity index (χ2n) is 7.72. The van der Waals surface area contributed by atoms with Crippen LogP contribution in [0.5, 0.6) is 0 Å². The molecule has 0 bridgehead atoms. The molecule has 154 valence electrons. The number of hydrogen-bond donors (Lipinski definition) is 1. The molecule has 1 fully saturated rings. The largest absolute Gasteiger partial charge is 0.462 e. The van der Waals surface area contributed by atoms with E-state index in [2.05, 4.69) is 11.9 Å². The molecule has 29 heavy (non-hydrogen) atoms. The van der Waals surface area contributed by atoms with Crippen molar-refractivity contribution in [2.75, 3.05) is 17.2 Å². The second kappa shape index (κ2) is 9.07. The van der Waals surface area contributed by atoms with Gasteiger partial charge in [0.1, 0.15) is 5.82 Å². The van der Waals surface area contributed by atoms with E-state index in [1.54, 1.807) is 32.2 Å². The molecule has 2 N–H and O–H groups in total. The molecule has 4 rings (SSSR count). The monoisotopic (exact) mass is 395 g/mol. The fraction of sp³-hybridized carbons (Fsp3) is 0.435. The van der Waals surface area contributed by atoms with Gasteiger partial charge in [0.05, 0.1) is 12.2 Å². The van der Waals surface area contributed by atoms with Gasteiger partial charge in [-0.15, -0.1) is 0 Å². The summed E-state index contributed by atoms with van der Waals surface area (Å²) >= 11 is 0. The van der Waals surface area contributed by atoms with E-state index in [9.17, 15) is 9.59 Å². The van der Waals surface area contributed by atoms with Crippen LogP contribution < -0.4 is 10.6 Å². The molecule has 2 aliphatic rings. The number of anilines is 2. The Morgan fingerprint density at radius 3 is 2.52 bits per heavy atom. The van der Waals surface area contributed by atoms with Crippen LogP contribution in [-0.2, 0) is 16.0 Å². The molecule has 1 aliphatic carbocycles. The first-order valence-electron chi connectivity index (χ1n) is 10.2. The quantitative estimate of drug-likeness (QED) is 0.798. The second-order valence-corrected chi connectivity index (χ2v) is 7.72. The van der Waals surface area contributed by atoms with Gasteiger partial charge in [0.2, 0.25) is 5.91 Å². The standard InChI is InChI=1S/C18H23NO3.C5H6N2/c1-4-22-18(21)14-7-8-16-15(10-14)9-11(2)17(13-5-6-13)19(16)12(3)20;6-5-3-1-2-4-7-5/h7-8,10-11,13,17H,4-6,9H2,1-3H3;1-4H,(H2,6,7)/t11?,17-;/m1./s1. The zero-order valence-electron chi connectivity index (χ0n) is 17.3. The molecule has 1 unspecified atom stereocenters. The number of hydrogen-bond acceptors (Lipinski definition) is 5. The minimum absolute atomic E-state index is 0.0913. The molecule has 0 saturated heterocycles. The first-order valence-corrected chi connectivity index (χ1v) is 10.2. The number of aromatic nitrogens is 1. The number of amides is 1. The summed E-state index contributed by atoms with van der Waals surface area (Å²) in [6.45, 7) is 6.01. The Bertz CT molecular complexity index is 865. The molecule has 1 aromatic heterocycles. The number of ether oxygens (including phenoxy) is 1. The lowest BCUT2D eigenvalue weighted by molar-refractivity contribution is -0.117. The fourth-order valence-electron chi connectivity index (χ4n) is 4.08. The minimum Gasteiger partial charge on any atom is -0.462 e. The van der Waals surface area contributed by atoms with E-state index in [4.69, 9.17) is 10.5 Å². The van der Waals surface area contributed by atoms with Gasteiger partial charge in [0, 0.05) is 24.8 Å². The molecular weight excluding hydrogens is 366 g/mol. The summed E-state index contributed by atoms with van der Waals surface area (Å²) in [7, 11) is 0. The van der Waals surface area contributed by atoms with E-state index >= 15 is 0 Å². The molecule has 1 aliphatic heterocycles. The Morgan fingerprint density at radius 1 is 1.24 bits per heavy atom. The van der Waals surface area contributed by atoms with E-state index in [-0.39, 0.29) is 11.9 Å². The van der Waals surface area contributed by atoms with Gasteiger partial charge >= 0.3 is 5.97 Å². The van der Waals surface area contributed by atoms with Gasteiger partial charge in [-0.25, -0.2) is 9.78 Å². The summed E-state index contributed by atoms with van der Waals surface area (Å²) in [4.78, 5) is 29.8. The molecule has 6 nitrogen and oxygen atoms in total. The molecule has 1 aromatic carbocycles. The summed E-state index contributed by atoms with van der Waals surface area (Å²) in [5.41, 5.74) is 7.86. The number of nitrogens with zero attached hydrogens (tertiary/aromatic N) is 2. The summed E-state index contributed by atoms with van der Waals surface area (Å²) in [5, 5.41) is 0. The number of carbonyl (C=O) groups excluding carboxylic acids is 2. The highest BCUT2D eigenvalue weighted by Crippen LogP contribution is 2.45. The van der Waals surface area contributed by atoms with Gasteiger partial charge in [0.15, 0.2) is 0 Å². The molecule has 2 heterocycles. The lowest BCUT2D eigenvalue weighted by Gasteiger charge is -2.41. The van der Waals surface area contributed by atoms with Crippen LogP contribution in [0.4, 0.5) is 11.5 Å². The Balaban J connectivity index is 0.000000290. The van der Waals surface area contributed by atoms with Gasteiger partial charge in [-0.1, -0.05) is 13.0 Å². The molecule has 0 radical (unpaired) electrons. The summed E-state index contributed by atoms with van der Waals surface area (Å²) in [6, 6.07) is 11.3. The molecule has 2 aromatic rings. The van der Waals surface area contributed by atoms with Gasteiger partial charge in [-0.3, -0.25) is 4.79 Å². The number of rotatable bonds is 3. The van der Waals surface area contributed by atoms with Crippen molar-refractivity contribution in [1.82, 2.24) is 4.98 Å². The van der Waals surface area contributed by atoms with E-state index < -0.39 is 0 Å². The van der Waals surface area contributed by atoms with Crippen molar-refractivity contribution in [2.45, 2.75) is 46.1 Å². The van der Waals surface area contributed by atoms with E-state index in [0.717, 1.165) is 17.7 Å². The van der Waals surface area contributed by atoms with Gasteiger partial charge in [-0.05, 0) is 73.9 Å². The third-order valence-electron chi connectivity index (χ3n) is 5.41. The van der Waals surface area contributed by atoms with Crippen LogP contribution in [0.2, 0.25) is 0 Å². The van der Waals surface area contributed by atoms with Gasteiger partial charge in [-0.2, -0.15) is 0 Å². The zero-order chi connectivity index (χ0) is 21.0. The molecule has 1 amide bonds. The number of esters is 1. The first-order chi connectivity index (χ1) is 13.9. The Labute approximate surface area is 172 Å². The molecule has 1 saturated carbocycles. The van der Waals surface area contributed by atoms with E-state index in [0.29, 0.717) is 35.9 Å². The summed E-state index contributed by atoms with van der Waals surface area (Å²) in [5.74, 6) is 1.42. The van der Waals surface area contributed by atoms with Crippen LogP contribution in [0.15, 0.2) is 42.6 Å². The number of pyridine rings is 1. The number of nitrogen functional groups attached to an aromatic ring is 1. The van der Waals surface area contributed by atoms with Crippen molar-refractivity contribution < 1.29 is 14.3 Å². The highest BCUT2D eigenvalue weighted by Gasteiger charge is 2.43. The molecule has 2 atom stereocenters. The predicted octanol–water partition coefficient (Wildman–Crippen LogP) is 3.85. The van der Waals surface area contributed by atoms with Crippen molar-refractivity contribution in [3.05, 3.63) is 53.7 Å². The van der Waals surface area contributed by atoms with Crippen LogP contribution in [0.3, 0.4) is 0 Å². The predicted molar refractivity (Wildman–Crippen MR) is 114 cm³/mol. The Kier molecular flexibility index (Phi) is 6.52. The Hall–Kier alpha value is -2.89. The maximum atomic E-state index is 12.2. The van der Waals surface area contributed by atoms with Crippen LogP contribution in [0.1, 0.15) is 49.5 Å². The zero-order valence-corrected chi connectivity index (χ0v) is 17.3. The average molecular weight is 396 g/mol.